The molecule has 580 valence electrons. The fourth-order valence-corrected chi connectivity index (χ4v) is 13.9. The van der Waals surface area contributed by atoms with Gasteiger partial charge in [-0.25, -0.2) is 9.59 Å². The molecule has 0 spiro atoms. The Labute approximate surface area is 620 Å². The highest BCUT2D eigenvalue weighted by Crippen LogP contribution is 2.25. The summed E-state index contributed by atoms with van der Waals surface area (Å²) in [5.74, 6) is -13.9. The zero-order valence-corrected chi connectivity index (χ0v) is 61.4. The molecule has 36 heteroatoms. The summed E-state index contributed by atoms with van der Waals surface area (Å²) in [6.07, 6.45) is -2.97. The SMILES string of the molecule is C[C@@H](O)[C@H](NC(=O)[C@H]1CSSC[C@H](NC(=O)[C@@H](Cc2ccccc2)NC(=O)CN2CCN(CC(=O)O)CCN(CC(=O)O)CCN(CC(=O)O)CC2)C(=O)N[C@@H](Cc2ccccc2)C(=O)N[C@@H](Cc2c[nH]c3ccccc23)C(=O)N[C@@H](CCCCNC(=O)OC(C)(C)C)C(=O)N[C@H]([C@@H](C)O)C(=O)N1)C(=O)O. The smallest absolute Gasteiger partial charge is 0.407 e. The summed E-state index contributed by atoms with van der Waals surface area (Å²) in [7, 11) is 1.67. The average molecular weight is 1520 g/mol. The van der Waals surface area contributed by atoms with Crippen LogP contribution in [0.1, 0.15) is 70.6 Å². The Kier molecular flexibility index (Phi) is 34.4. The van der Waals surface area contributed by atoms with Crippen LogP contribution in [0.4, 0.5) is 4.79 Å². The highest BCUT2D eigenvalue weighted by Gasteiger charge is 2.38. The Bertz CT molecular complexity index is 3610. The van der Waals surface area contributed by atoms with E-state index in [9.17, 15) is 73.8 Å². The van der Waals surface area contributed by atoms with Gasteiger partial charge in [0.2, 0.25) is 47.3 Å². The Morgan fingerprint density at radius 3 is 1.61 bits per heavy atom. The van der Waals surface area contributed by atoms with Gasteiger partial charge >= 0.3 is 30.0 Å². The number of fused-ring (bicyclic) bond motifs is 1. The highest BCUT2D eigenvalue weighted by atomic mass is 33.1. The summed E-state index contributed by atoms with van der Waals surface area (Å²) < 4.78 is 5.35. The van der Waals surface area contributed by atoms with Crippen LogP contribution in [0.2, 0.25) is 0 Å². The van der Waals surface area contributed by atoms with E-state index in [0.29, 0.717) is 27.6 Å². The number of carbonyl (C=O) groups excluding carboxylic acids is 9. The molecule has 2 fully saturated rings. The van der Waals surface area contributed by atoms with Crippen molar-refractivity contribution >= 4 is 110 Å². The van der Waals surface area contributed by atoms with Crippen LogP contribution in [0.25, 0.3) is 10.9 Å². The molecule has 0 saturated carbocycles. The summed E-state index contributed by atoms with van der Waals surface area (Å²) in [6.45, 7) is 6.29. The van der Waals surface area contributed by atoms with Crippen molar-refractivity contribution in [3.8, 4) is 0 Å². The molecule has 3 heterocycles. The quantitative estimate of drug-likeness (QED) is 0.0238. The van der Waals surface area contributed by atoms with Gasteiger partial charge < -0.3 is 88.2 Å². The second-order valence-electron chi connectivity index (χ2n) is 26.9. The fourth-order valence-electron chi connectivity index (χ4n) is 11.6. The third kappa shape index (κ3) is 29.8. The number of aliphatic carboxylic acids is 4. The van der Waals surface area contributed by atoms with Crippen molar-refractivity contribution in [1.29, 1.82) is 0 Å². The van der Waals surface area contributed by atoms with Crippen molar-refractivity contribution in [2.24, 2.45) is 0 Å². The van der Waals surface area contributed by atoms with E-state index in [1.165, 1.54) is 0 Å². The topological polar surface area (TPSA) is 490 Å². The van der Waals surface area contributed by atoms with Crippen LogP contribution in [-0.4, -0.2) is 295 Å². The lowest BCUT2D eigenvalue weighted by atomic mass is 10.0. The van der Waals surface area contributed by atoms with Crippen molar-refractivity contribution in [3.63, 3.8) is 0 Å². The second kappa shape index (κ2) is 42.6. The number of amides is 9. The van der Waals surface area contributed by atoms with Gasteiger partial charge in [-0.05, 0) is 76.6 Å². The summed E-state index contributed by atoms with van der Waals surface area (Å²) >= 11 is 0. The summed E-state index contributed by atoms with van der Waals surface area (Å²) in [5, 5.41) is 85.3. The van der Waals surface area contributed by atoms with Crippen LogP contribution >= 0.6 is 21.6 Å². The number of carboxylic acid groups (broad SMARTS) is 4. The zero-order chi connectivity index (χ0) is 77.6. The number of hydrogen-bond donors (Lipinski definition) is 16. The molecule has 2 saturated heterocycles. The minimum atomic E-state index is -1.92. The molecule has 4 aromatic rings. The normalized spacial score (nSPS) is 21.4. The molecule has 0 bridgehead atoms. The first-order valence-electron chi connectivity index (χ1n) is 34.7. The van der Waals surface area contributed by atoms with E-state index in [4.69, 9.17) is 4.74 Å². The molecule has 16 N–H and O–H groups in total. The summed E-state index contributed by atoms with van der Waals surface area (Å²) in [5.41, 5.74) is 1.44. The Hall–Kier alpha value is -9.43. The molecule has 2 aliphatic rings. The maximum atomic E-state index is 15.4. The molecular weight excluding hydrogens is 1420 g/mol. The zero-order valence-electron chi connectivity index (χ0n) is 59.8. The van der Waals surface area contributed by atoms with Crippen LogP contribution in [0.15, 0.2) is 91.1 Å². The third-order valence-electron chi connectivity index (χ3n) is 17.1. The standard InChI is InChI=1S/C70H98N14O20S2/c1-42(85)59-67(100)78-54(66(99)80-60(43(2)86)68(101)102)41-106-105-40-53(77-62(95)50(32-44-16-8-6-9-17-44)73-55(87)36-81-24-26-82(37-56(88)89)28-30-84(39-58(92)93)31-29-83(27-25-81)38-57(90)91)65(98)75-51(33-45-18-10-7-11-19-45)63(96)76-52(34-46-35-72-48-21-13-12-20-47(46)48)64(97)74-49(61(94)79-59)22-14-15-23-71-69(103)104-70(3,4)5/h6-13,16-21,35,42-43,49-54,59-60,72,85-86H,14-15,22-34,36-41H2,1-5H3,(H,71,103)(H,73,87)(H,74,97)(H,75,98)(H,76,96)(H,77,95)(H,78,100)(H,79,94)(H,80,99)(H,88,89)(H,90,91)(H,92,93)(H,101,102)/t42-,43-,49+,50-,51+,52+,53+,54-,59-,60+/m1/s1. The lowest BCUT2D eigenvalue weighted by molar-refractivity contribution is -0.145. The number of nitrogens with zero attached hydrogens (tertiary/aromatic N) is 4. The number of alkyl carbamates (subject to hydrolysis) is 1. The minimum Gasteiger partial charge on any atom is -0.480 e. The molecule has 1 aromatic heterocycles. The van der Waals surface area contributed by atoms with Gasteiger partial charge in [0.25, 0.3) is 0 Å². The molecule has 34 nitrogen and oxygen atoms in total. The number of aliphatic hydroxyl groups is 2. The van der Waals surface area contributed by atoms with E-state index >= 15 is 19.2 Å². The van der Waals surface area contributed by atoms with Gasteiger partial charge in [0.15, 0.2) is 6.04 Å². The number of ether oxygens (including phenoxy) is 1. The molecule has 2 aliphatic heterocycles. The number of unbranched alkanes of at least 4 members (excludes halogenated alkanes) is 1. The largest absolute Gasteiger partial charge is 0.480 e. The average Bonchev–Trinajstić information content (AvgIpc) is 1.64. The lowest BCUT2D eigenvalue weighted by Crippen LogP contribution is -2.62. The van der Waals surface area contributed by atoms with Gasteiger partial charge in [-0.3, -0.25) is 72.3 Å². The number of H-pyrrole nitrogens is 1. The number of carbonyl (C=O) groups is 13. The van der Waals surface area contributed by atoms with Crippen LogP contribution < -0.4 is 47.9 Å². The molecule has 0 radical (unpaired) electrons. The summed E-state index contributed by atoms with van der Waals surface area (Å²) in [6, 6.07) is 10.7. The van der Waals surface area contributed by atoms with Crippen molar-refractivity contribution in [2.75, 3.05) is 96.6 Å². The molecule has 6 rings (SSSR count). The Morgan fingerprint density at radius 2 is 1.08 bits per heavy atom. The predicted octanol–water partition coefficient (Wildman–Crippen LogP) is -1.51. The molecule has 0 unspecified atom stereocenters. The van der Waals surface area contributed by atoms with Crippen molar-refractivity contribution < 1.29 is 97.7 Å². The van der Waals surface area contributed by atoms with E-state index in [1.54, 1.807) is 131 Å². The molecule has 106 heavy (non-hydrogen) atoms. The van der Waals surface area contributed by atoms with Crippen LogP contribution in [0.5, 0.6) is 0 Å². The van der Waals surface area contributed by atoms with E-state index < -0.39 is 175 Å². The summed E-state index contributed by atoms with van der Waals surface area (Å²) in [4.78, 5) is 189. The number of aromatic amines is 1. The minimum absolute atomic E-state index is 0.0442. The van der Waals surface area contributed by atoms with Crippen molar-refractivity contribution in [2.45, 2.75) is 139 Å². The van der Waals surface area contributed by atoms with Gasteiger partial charge in [-0.2, -0.15) is 0 Å². The van der Waals surface area contributed by atoms with Gasteiger partial charge in [-0.15, -0.1) is 0 Å². The van der Waals surface area contributed by atoms with Gasteiger partial charge in [-0.1, -0.05) is 100 Å². The molecule has 9 amide bonds. The number of nitrogens with one attached hydrogen (secondary N) is 10. The number of carboxylic acids is 4. The van der Waals surface area contributed by atoms with Crippen LogP contribution in [0, 0.1) is 0 Å². The highest BCUT2D eigenvalue weighted by molar-refractivity contribution is 8.76. The van der Waals surface area contributed by atoms with E-state index in [0.717, 1.165) is 35.4 Å². The Morgan fingerprint density at radius 1 is 0.575 bits per heavy atom. The van der Waals surface area contributed by atoms with Gasteiger partial charge in [0, 0.05) is 107 Å². The maximum absolute atomic E-state index is 15.4. The first-order valence-corrected chi connectivity index (χ1v) is 37.2. The molecular formula is C70H98N14O20S2. The number of aromatic nitrogens is 1. The molecule has 0 aliphatic carbocycles. The number of hydrogen-bond acceptors (Lipinski definition) is 22. The number of rotatable bonds is 27. The van der Waals surface area contributed by atoms with Crippen molar-refractivity contribution in [3.05, 3.63) is 108 Å². The second-order valence-corrected chi connectivity index (χ2v) is 29.5. The lowest BCUT2D eigenvalue weighted by Gasteiger charge is -2.33. The van der Waals surface area contributed by atoms with E-state index in [2.05, 4.69) is 52.8 Å². The fraction of sp³-hybridized carbons (Fsp3) is 0.529. The predicted molar refractivity (Wildman–Crippen MR) is 390 cm³/mol. The van der Waals surface area contributed by atoms with E-state index in [-0.39, 0.29) is 104 Å². The third-order valence-corrected chi connectivity index (χ3v) is 19.5. The first-order chi connectivity index (χ1) is 50.3. The monoisotopic (exact) mass is 1520 g/mol. The number of para-hydroxylation sites is 1. The Balaban J connectivity index is 1.41. The van der Waals surface area contributed by atoms with Crippen LogP contribution in [0.3, 0.4) is 0 Å². The molecule has 3 aromatic carbocycles. The first kappa shape index (κ1) is 85.5. The van der Waals surface area contributed by atoms with Gasteiger partial charge in [0.05, 0.1) is 38.4 Å². The van der Waals surface area contributed by atoms with E-state index in [1.807, 2.05) is 0 Å². The van der Waals surface area contributed by atoms with Crippen LogP contribution in [-0.2, 0) is 81.5 Å². The number of benzene rings is 3. The molecule has 10 atom stereocenters. The van der Waals surface area contributed by atoms with Gasteiger partial charge in [0.1, 0.15) is 47.9 Å². The van der Waals surface area contributed by atoms with Crippen molar-refractivity contribution in [1.82, 2.24) is 72.4 Å². The maximum Gasteiger partial charge on any atom is 0.407 e. The number of aliphatic hydroxyl groups excluding tert-OH is 2.